The molecule has 2 nitrogen and oxygen atoms in total. The van der Waals surface area contributed by atoms with Crippen molar-refractivity contribution in [2.45, 2.75) is 6.42 Å². The van der Waals surface area contributed by atoms with E-state index in [-0.39, 0.29) is 0 Å². The Balaban J connectivity index is 2.61. The van der Waals surface area contributed by atoms with Crippen molar-refractivity contribution in [3.8, 4) is 5.75 Å². The minimum atomic E-state index is 0.786. The Labute approximate surface area is 89.2 Å². The van der Waals surface area contributed by atoms with Crippen molar-refractivity contribution >= 4 is 10.9 Å². The Morgan fingerprint density at radius 3 is 2.93 bits per heavy atom. The lowest BCUT2D eigenvalue weighted by molar-refractivity contribution is 0.419. The first kappa shape index (κ1) is 9.71. The van der Waals surface area contributed by atoms with Crippen molar-refractivity contribution in [1.29, 1.82) is 0 Å². The van der Waals surface area contributed by atoms with Crippen molar-refractivity contribution in [3.05, 3.63) is 48.7 Å². The summed E-state index contributed by atoms with van der Waals surface area (Å²) >= 11 is 0. The SMILES string of the molecule is C=CCc1ccc2cccc(OC)c2n1. The average molecular weight is 199 g/mol. The Kier molecular flexibility index (Phi) is 2.68. The fraction of sp³-hybridized carbons (Fsp3) is 0.154. The number of nitrogens with zero attached hydrogens (tertiary/aromatic N) is 1. The van der Waals surface area contributed by atoms with E-state index in [4.69, 9.17) is 4.74 Å². The number of rotatable bonds is 3. The van der Waals surface area contributed by atoms with Gasteiger partial charge in [0, 0.05) is 17.5 Å². The Morgan fingerprint density at radius 1 is 1.33 bits per heavy atom. The van der Waals surface area contributed by atoms with Crippen LogP contribution in [-0.4, -0.2) is 12.1 Å². The number of hydrogen-bond acceptors (Lipinski definition) is 2. The molecule has 2 rings (SSSR count). The molecule has 0 unspecified atom stereocenters. The number of aromatic nitrogens is 1. The van der Waals surface area contributed by atoms with E-state index in [0.29, 0.717) is 0 Å². The van der Waals surface area contributed by atoms with Gasteiger partial charge in [0.15, 0.2) is 0 Å². The zero-order valence-corrected chi connectivity index (χ0v) is 8.73. The second-order valence-electron chi connectivity index (χ2n) is 3.33. The van der Waals surface area contributed by atoms with Gasteiger partial charge in [-0.25, -0.2) is 4.98 Å². The lowest BCUT2D eigenvalue weighted by Gasteiger charge is -2.05. The molecule has 0 saturated carbocycles. The molecule has 76 valence electrons. The topological polar surface area (TPSA) is 22.1 Å². The van der Waals surface area contributed by atoms with E-state index >= 15 is 0 Å². The summed E-state index contributed by atoms with van der Waals surface area (Å²) < 4.78 is 5.27. The van der Waals surface area contributed by atoms with Crippen LogP contribution in [0.4, 0.5) is 0 Å². The molecule has 0 radical (unpaired) electrons. The third-order valence-electron chi connectivity index (χ3n) is 2.31. The highest BCUT2D eigenvalue weighted by Gasteiger charge is 2.02. The summed E-state index contributed by atoms with van der Waals surface area (Å²) in [7, 11) is 1.66. The van der Waals surface area contributed by atoms with E-state index in [1.54, 1.807) is 7.11 Å². The van der Waals surface area contributed by atoms with Gasteiger partial charge in [-0.15, -0.1) is 6.58 Å². The van der Waals surface area contributed by atoms with Crippen LogP contribution in [-0.2, 0) is 6.42 Å². The molecular weight excluding hydrogens is 186 g/mol. The maximum absolute atomic E-state index is 5.27. The van der Waals surface area contributed by atoms with Crippen molar-refractivity contribution in [1.82, 2.24) is 4.98 Å². The highest BCUT2D eigenvalue weighted by Crippen LogP contribution is 2.23. The Bertz CT molecular complexity index is 491. The fourth-order valence-corrected chi connectivity index (χ4v) is 1.59. The number of methoxy groups -OCH3 is 1. The van der Waals surface area contributed by atoms with Gasteiger partial charge in [-0.3, -0.25) is 0 Å². The fourth-order valence-electron chi connectivity index (χ4n) is 1.59. The number of ether oxygens (including phenoxy) is 1. The first-order valence-corrected chi connectivity index (χ1v) is 4.88. The summed E-state index contributed by atoms with van der Waals surface area (Å²) in [5.74, 6) is 0.818. The molecule has 2 aromatic rings. The van der Waals surface area contributed by atoms with E-state index in [1.165, 1.54) is 0 Å². The molecular formula is C13H13NO. The van der Waals surface area contributed by atoms with Crippen molar-refractivity contribution in [2.75, 3.05) is 7.11 Å². The lowest BCUT2D eigenvalue weighted by atomic mass is 10.1. The molecule has 0 amide bonds. The van der Waals surface area contributed by atoms with Gasteiger partial charge in [-0.2, -0.15) is 0 Å². The zero-order valence-electron chi connectivity index (χ0n) is 8.73. The number of benzene rings is 1. The van der Waals surface area contributed by atoms with Crippen LogP contribution in [0.15, 0.2) is 43.0 Å². The molecule has 0 bridgehead atoms. The van der Waals surface area contributed by atoms with Gasteiger partial charge in [0.05, 0.1) is 7.11 Å². The van der Waals surface area contributed by atoms with Gasteiger partial charge >= 0.3 is 0 Å². The molecule has 0 aliphatic carbocycles. The summed E-state index contributed by atoms with van der Waals surface area (Å²) in [4.78, 5) is 4.54. The highest BCUT2D eigenvalue weighted by molar-refractivity contribution is 5.84. The maximum atomic E-state index is 5.27. The molecule has 0 fully saturated rings. The number of para-hydroxylation sites is 1. The first-order valence-electron chi connectivity index (χ1n) is 4.88. The number of hydrogen-bond donors (Lipinski definition) is 0. The predicted octanol–water partition coefficient (Wildman–Crippen LogP) is 2.97. The minimum Gasteiger partial charge on any atom is -0.494 e. The third kappa shape index (κ3) is 1.84. The van der Waals surface area contributed by atoms with Crippen LogP contribution in [0.25, 0.3) is 10.9 Å². The van der Waals surface area contributed by atoms with Crippen molar-refractivity contribution in [3.63, 3.8) is 0 Å². The Morgan fingerprint density at radius 2 is 2.20 bits per heavy atom. The normalized spacial score (nSPS) is 10.2. The molecule has 15 heavy (non-hydrogen) atoms. The molecule has 1 aromatic heterocycles. The Hall–Kier alpha value is -1.83. The van der Waals surface area contributed by atoms with E-state index in [9.17, 15) is 0 Å². The van der Waals surface area contributed by atoms with Crippen LogP contribution in [0.1, 0.15) is 5.69 Å². The molecule has 1 aromatic carbocycles. The predicted molar refractivity (Wildman–Crippen MR) is 62.2 cm³/mol. The summed E-state index contributed by atoms with van der Waals surface area (Å²) in [5.41, 5.74) is 1.93. The van der Waals surface area contributed by atoms with Gasteiger partial charge in [0.25, 0.3) is 0 Å². The zero-order chi connectivity index (χ0) is 10.7. The second-order valence-corrected chi connectivity index (χ2v) is 3.33. The van der Waals surface area contributed by atoms with Gasteiger partial charge < -0.3 is 4.74 Å². The smallest absolute Gasteiger partial charge is 0.145 e. The quantitative estimate of drug-likeness (QED) is 0.709. The van der Waals surface area contributed by atoms with Crippen molar-refractivity contribution in [2.24, 2.45) is 0 Å². The highest BCUT2D eigenvalue weighted by atomic mass is 16.5. The lowest BCUT2D eigenvalue weighted by Crippen LogP contribution is -1.91. The summed E-state index contributed by atoms with van der Waals surface area (Å²) in [6, 6.07) is 10.00. The van der Waals surface area contributed by atoms with Crippen LogP contribution < -0.4 is 4.74 Å². The van der Waals surface area contributed by atoms with E-state index in [0.717, 1.165) is 28.8 Å². The maximum Gasteiger partial charge on any atom is 0.145 e. The van der Waals surface area contributed by atoms with Gasteiger partial charge in [0.2, 0.25) is 0 Å². The van der Waals surface area contributed by atoms with Crippen LogP contribution >= 0.6 is 0 Å². The van der Waals surface area contributed by atoms with Crippen LogP contribution in [0, 0.1) is 0 Å². The van der Waals surface area contributed by atoms with Crippen molar-refractivity contribution < 1.29 is 4.74 Å². The van der Waals surface area contributed by atoms with Crippen LogP contribution in [0.5, 0.6) is 5.75 Å². The summed E-state index contributed by atoms with van der Waals surface area (Å²) in [6.45, 7) is 3.71. The molecule has 0 aliphatic rings. The molecule has 2 heteroatoms. The molecule has 0 atom stereocenters. The molecule has 0 saturated heterocycles. The van der Waals surface area contributed by atoms with Crippen LogP contribution in [0.2, 0.25) is 0 Å². The number of pyridine rings is 1. The third-order valence-corrected chi connectivity index (χ3v) is 2.31. The standard InChI is InChI=1S/C13H13NO/c1-3-5-11-9-8-10-6-4-7-12(15-2)13(10)14-11/h3-4,6-9H,1,5H2,2H3. The number of fused-ring (bicyclic) bond motifs is 1. The van der Waals surface area contributed by atoms with Gasteiger partial charge in [-0.1, -0.05) is 24.3 Å². The van der Waals surface area contributed by atoms with Gasteiger partial charge in [0.1, 0.15) is 11.3 Å². The van der Waals surface area contributed by atoms with Crippen LogP contribution in [0.3, 0.4) is 0 Å². The molecule has 0 N–H and O–H groups in total. The average Bonchev–Trinajstić information content (AvgIpc) is 2.28. The van der Waals surface area contributed by atoms with E-state index in [1.807, 2.05) is 30.3 Å². The second kappa shape index (κ2) is 4.13. The number of allylic oxidation sites excluding steroid dienone is 1. The molecule has 1 heterocycles. The molecule has 0 aliphatic heterocycles. The van der Waals surface area contributed by atoms with E-state index in [2.05, 4.69) is 17.6 Å². The first-order chi connectivity index (χ1) is 7.35. The largest absolute Gasteiger partial charge is 0.494 e. The monoisotopic (exact) mass is 199 g/mol. The molecule has 0 spiro atoms. The van der Waals surface area contributed by atoms with E-state index < -0.39 is 0 Å². The summed E-state index contributed by atoms with van der Waals surface area (Å²) in [5, 5.41) is 1.10. The summed E-state index contributed by atoms with van der Waals surface area (Å²) in [6.07, 6.45) is 2.64. The minimum absolute atomic E-state index is 0.786. The van der Waals surface area contributed by atoms with Gasteiger partial charge in [-0.05, 0) is 12.1 Å².